The minimum Gasteiger partial charge on any atom is -0.347 e. The number of fused-ring (bicyclic) bond motifs is 1. The molecule has 0 aliphatic rings. The average Bonchev–Trinajstić information content (AvgIpc) is 3.05. The number of rotatable bonds is 3. The van der Waals surface area contributed by atoms with Crippen LogP contribution in [0.5, 0.6) is 0 Å². The lowest BCUT2D eigenvalue weighted by Crippen LogP contribution is -2.22. The van der Waals surface area contributed by atoms with Gasteiger partial charge >= 0.3 is 0 Å². The van der Waals surface area contributed by atoms with Gasteiger partial charge in [-0.25, -0.2) is 4.98 Å². The molecule has 0 spiro atoms. The van der Waals surface area contributed by atoms with Crippen LogP contribution < -0.4 is 5.32 Å². The van der Waals surface area contributed by atoms with Crippen LogP contribution in [0.25, 0.3) is 5.52 Å². The Morgan fingerprint density at radius 2 is 2.39 bits per heavy atom. The Bertz CT molecular complexity index is 672. The maximum atomic E-state index is 12.0. The topological polar surface area (TPSA) is 46.4 Å². The highest BCUT2D eigenvalue weighted by atomic mass is 32.1. The summed E-state index contributed by atoms with van der Waals surface area (Å²) < 4.78 is 1.87. The fourth-order valence-electron chi connectivity index (χ4n) is 1.74. The molecule has 1 N–H and O–H groups in total. The SMILES string of the molecule is O=C(NCc1cccs1)c1ccn2cncc2c1. The molecule has 3 heterocycles. The molecule has 3 aromatic rings. The van der Waals surface area contributed by atoms with Gasteiger partial charge in [-0.2, -0.15) is 0 Å². The third kappa shape index (κ3) is 2.12. The third-order valence-electron chi connectivity index (χ3n) is 2.68. The van der Waals surface area contributed by atoms with Gasteiger partial charge in [0.25, 0.3) is 5.91 Å². The Kier molecular flexibility index (Phi) is 2.82. The monoisotopic (exact) mass is 257 g/mol. The fraction of sp³-hybridized carbons (Fsp3) is 0.0769. The molecule has 18 heavy (non-hydrogen) atoms. The summed E-state index contributed by atoms with van der Waals surface area (Å²) in [5.41, 5.74) is 1.57. The number of thiophene rings is 1. The zero-order valence-electron chi connectivity index (χ0n) is 9.54. The predicted octanol–water partition coefficient (Wildman–Crippen LogP) is 2.33. The van der Waals surface area contributed by atoms with Crippen molar-refractivity contribution < 1.29 is 4.79 Å². The predicted molar refractivity (Wildman–Crippen MR) is 70.7 cm³/mol. The van der Waals surface area contributed by atoms with Crippen LogP contribution in [0.4, 0.5) is 0 Å². The average molecular weight is 257 g/mol. The number of nitrogens with one attached hydrogen (secondary N) is 1. The first-order valence-corrected chi connectivity index (χ1v) is 6.43. The second-order valence-corrected chi connectivity index (χ2v) is 4.94. The number of amides is 1. The summed E-state index contributed by atoms with van der Waals surface area (Å²) in [5, 5.41) is 4.90. The van der Waals surface area contributed by atoms with Gasteiger partial charge in [0.2, 0.25) is 0 Å². The highest BCUT2D eigenvalue weighted by Gasteiger charge is 2.06. The molecular weight excluding hydrogens is 246 g/mol. The van der Waals surface area contributed by atoms with E-state index in [1.807, 2.05) is 34.2 Å². The van der Waals surface area contributed by atoms with Gasteiger partial charge in [0.1, 0.15) is 0 Å². The van der Waals surface area contributed by atoms with Crippen molar-refractivity contribution in [1.29, 1.82) is 0 Å². The maximum absolute atomic E-state index is 12.0. The first kappa shape index (κ1) is 11.0. The molecule has 90 valence electrons. The minimum absolute atomic E-state index is 0.0629. The molecule has 0 bridgehead atoms. The van der Waals surface area contributed by atoms with E-state index in [0.29, 0.717) is 12.1 Å². The molecule has 1 amide bonds. The van der Waals surface area contributed by atoms with Crippen molar-refractivity contribution in [2.24, 2.45) is 0 Å². The van der Waals surface area contributed by atoms with Crippen molar-refractivity contribution in [3.05, 3.63) is 58.8 Å². The van der Waals surface area contributed by atoms with E-state index in [9.17, 15) is 4.79 Å². The van der Waals surface area contributed by atoms with E-state index in [0.717, 1.165) is 10.4 Å². The second kappa shape index (κ2) is 4.62. The quantitative estimate of drug-likeness (QED) is 0.782. The van der Waals surface area contributed by atoms with Crippen LogP contribution in [0.2, 0.25) is 0 Å². The number of carbonyl (C=O) groups excluding carboxylic acids is 1. The molecular formula is C13H11N3OS. The molecule has 0 aliphatic heterocycles. The molecule has 4 nitrogen and oxygen atoms in total. The van der Waals surface area contributed by atoms with Crippen molar-refractivity contribution in [2.45, 2.75) is 6.54 Å². The zero-order valence-corrected chi connectivity index (χ0v) is 10.4. The van der Waals surface area contributed by atoms with Gasteiger partial charge in [-0.05, 0) is 23.6 Å². The maximum Gasteiger partial charge on any atom is 0.251 e. The van der Waals surface area contributed by atoms with Crippen LogP contribution in [0, 0.1) is 0 Å². The van der Waals surface area contributed by atoms with Gasteiger partial charge in [0.05, 0.1) is 24.6 Å². The summed E-state index contributed by atoms with van der Waals surface area (Å²) in [6.45, 7) is 0.570. The van der Waals surface area contributed by atoms with Gasteiger partial charge in [-0.15, -0.1) is 11.3 Å². The number of aromatic nitrogens is 2. The van der Waals surface area contributed by atoms with Crippen molar-refractivity contribution in [2.75, 3.05) is 0 Å². The summed E-state index contributed by atoms with van der Waals surface area (Å²) in [5.74, 6) is -0.0629. The lowest BCUT2D eigenvalue weighted by atomic mass is 10.2. The van der Waals surface area contributed by atoms with Crippen molar-refractivity contribution >= 4 is 22.8 Å². The first-order chi connectivity index (χ1) is 8.83. The normalized spacial score (nSPS) is 10.7. The van der Waals surface area contributed by atoms with Gasteiger partial charge < -0.3 is 9.72 Å². The van der Waals surface area contributed by atoms with Crippen LogP contribution in [-0.4, -0.2) is 15.3 Å². The second-order valence-electron chi connectivity index (χ2n) is 3.90. The molecule has 0 radical (unpaired) electrons. The van der Waals surface area contributed by atoms with Crippen LogP contribution in [0.3, 0.4) is 0 Å². The van der Waals surface area contributed by atoms with Gasteiger partial charge in [0.15, 0.2) is 0 Å². The molecule has 0 saturated heterocycles. The van der Waals surface area contributed by atoms with E-state index in [-0.39, 0.29) is 5.91 Å². The van der Waals surface area contributed by atoms with E-state index >= 15 is 0 Å². The Hall–Kier alpha value is -2.14. The Morgan fingerprint density at radius 3 is 3.22 bits per heavy atom. The highest BCUT2D eigenvalue weighted by Crippen LogP contribution is 2.09. The molecule has 0 fully saturated rings. The van der Waals surface area contributed by atoms with Crippen LogP contribution in [-0.2, 0) is 6.54 Å². The summed E-state index contributed by atoms with van der Waals surface area (Å²) in [7, 11) is 0. The molecule has 0 aliphatic carbocycles. The summed E-state index contributed by atoms with van der Waals surface area (Å²) >= 11 is 1.64. The van der Waals surface area contributed by atoms with Crippen molar-refractivity contribution in [3.8, 4) is 0 Å². The standard InChI is InChI=1S/C13H11N3OS/c17-13(15-8-12-2-1-5-18-12)10-3-4-16-9-14-7-11(16)6-10/h1-7,9H,8H2,(H,15,17). The van der Waals surface area contributed by atoms with Gasteiger partial charge in [0, 0.05) is 16.6 Å². The highest BCUT2D eigenvalue weighted by molar-refractivity contribution is 7.09. The van der Waals surface area contributed by atoms with Crippen molar-refractivity contribution in [1.82, 2.24) is 14.7 Å². The molecule has 0 saturated carbocycles. The largest absolute Gasteiger partial charge is 0.347 e. The molecule has 0 aromatic carbocycles. The minimum atomic E-state index is -0.0629. The number of imidazole rings is 1. The lowest BCUT2D eigenvalue weighted by Gasteiger charge is -2.04. The zero-order chi connectivity index (χ0) is 12.4. The van der Waals surface area contributed by atoms with Gasteiger partial charge in [-0.3, -0.25) is 4.79 Å². The van der Waals surface area contributed by atoms with Crippen LogP contribution >= 0.6 is 11.3 Å². The van der Waals surface area contributed by atoms with Crippen molar-refractivity contribution in [3.63, 3.8) is 0 Å². The van der Waals surface area contributed by atoms with E-state index in [1.54, 1.807) is 29.9 Å². The molecule has 3 rings (SSSR count). The number of pyridine rings is 1. The van der Waals surface area contributed by atoms with E-state index in [4.69, 9.17) is 0 Å². The number of hydrogen-bond acceptors (Lipinski definition) is 3. The number of hydrogen-bond donors (Lipinski definition) is 1. The smallest absolute Gasteiger partial charge is 0.251 e. The van der Waals surface area contributed by atoms with E-state index in [2.05, 4.69) is 10.3 Å². The summed E-state index contributed by atoms with van der Waals surface area (Å²) in [6, 6.07) is 7.60. The Balaban J connectivity index is 1.75. The van der Waals surface area contributed by atoms with E-state index in [1.165, 1.54) is 0 Å². The summed E-state index contributed by atoms with van der Waals surface area (Å²) in [4.78, 5) is 17.1. The van der Waals surface area contributed by atoms with Crippen LogP contribution in [0.15, 0.2) is 48.4 Å². The Morgan fingerprint density at radius 1 is 1.44 bits per heavy atom. The molecule has 3 aromatic heterocycles. The fourth-order valence-corrected chi connectivity index (χ4v) is 2.39. The Labute approximate surface area is 108 Å². The number of carbonyl (C=O) groups is 1. The third-order valence-corrected chi connectivity index (χ3v) is 3.56. The van der Waals surface area contributed by atoms with Gasteiger partial charge in [-0.1, -0.05) is 6.07 Å². The lowest BCUT2D eigenvalue weighted by molar-refractivity contribution is 0.0951. The van der Waals surface area contributed by atoms with Crippen LogP contribution in [0.1, 0.15) is 15.2 Å². The molecule has 0 atom stereocenters. The first-order valence-electron chi connectivity index (χ1n) is 5.55. The van der Waals surface area contributed by atoms with E-state index < -0.39 is 0 Å². The molecule has 5 heteroatoms. The molecule has 0 unspecified atom stereocenters. The number of nitrogens with zero attached hydrogens (tertiary/aromatic N) is 2. The summed E-state index contributed by atoms with van der Waals surface area (Å²) in [6.07, 6.45) is 5.28.